The SMILES string of the molecule is Cc1ccc(C(C)C)cc1N(c1ccc2cc3c(cc2c1)-c1cc2cc(N(c4cc(C(C)C)ccc4C)c4ccccc4-c4ccccc4)ccc2cc1-3)c1ccccc1-c1ccccc1. The van der Waals surface area contributed by atoms with Crippen molar-refractivity contribution in [3.63, 3.8) is 0 Å². The van der Waals surface area contributed by atoms with E-state index in [4.69, 9.17) is 0 Å². The van der Waals surface area contributed by atoms with Crippen LogP contribution in [0.5, 0.6) is 0 Å². The van der Waals surface area contributed by atoms with E-state index < -0.39 is 0 Å². The summed E-state index contributed by atoms with van der Waals surface area (Å²) < 4.78 is 0. The van der Waals surface area contributed by atoms with Gasteiger partial charge in [-0.15, -0.1) is 0 Å². The molecule has 66 heavy (non-hydrogen) atoms. The van der Waals surface area contributed by atoms with E-state index in [-0.39, 0.29) is 0 Å². The smallest absolute Gasteiger partial charge is 0.0540 e. The molecule has 2 heteroatoms. The van der Waals surface area contributed by atoms with Crippen molar-refractivity contribution < 1.29 is 0 Å². The van der Waals surface area contributed by atoms with Crippen molar-refractivity contribution in [2.75, 3.05) is 9.80 Å². The molecular formula is C64H54N2. The number of nitrogens with zero attached hydrogens (tertiary/aromatic N) is 2. The van der Waals surface area contributed by atoms with E-state index in [9.17, 15) is 0 Å². The molecule has 1 aliphatic rings. The average molecular weight is 851 g/mol. The number of hydrogen-bond donors (Lipinski definition) is 0. The van der Waals surface area contributed by atoms with Crippen LogP contribution in [0.25, 0.3) is 66.1 Å². The first-order chi connectivity index (χ1) is 32.2. The van der Waals surface area contributed by atoms with Crippen molar-refractivity contribution in [2.24, 2.45) is 0 Å². The minimum atomic E-state index is 0.409. The Kier molecular flexibility index (Phi) is 10.4. The second-order valence-electron chi connectivity index (χ2n) is 18.7. The summed E-state index contributed by atoms with van der Waals surface area (Å²) in [6.45, 7) is 13.6. The predicted molar refractivity (Wildman–Crippen MR) is 284 cm³/mol. The molecule has 0 aromatic heterocycles. The lowest BCUT2D eigenvalue weighted by Crippen LogP contribution is -2.13. The predicted octanol–water partition coefficient (Wildman–Crippen LogP) is 18.8. The monoisotopic (exact) mass is 850 g/mol. The van der Waals surface area contributed by atoms with Crippen molar-refractivity contribution >= 4 is 55.7 Å². The molecule has 0 amide bonds. The van der Waals surface area contributed by atoms with Gasteiger partial charge in [-0.1, -0.05) is 161 Å². The Morgan fingerprint density at radius 3 is 1.05 bits per heavy atom. The van der Waals surface area contributed by atoms with Crippen LogP contribution in [0, 0.1) is 13.8 Å². The van der Waals surface area contributed by atoms with Crippen molar-refractivity contribution in [3.05, 3.63) is 229 Å². The zero-order valence-electron chi connectivity index (χ0n) is 38.7. The molecule has 1 aliphatic carbocycles. The molecule has 0 bridgehead atoms. The molecule has 0 atom stereocenters. The first kappa shape index (κ1) is 41.1. The van der Waals surface area contributed by atoms with Gasteiger partial charge in [-0.2, -0.15) is 0 Å². The van der Waals surface area contributed by atoms with Crippen LogP contribution in [-0.4, -0.2) is 0 Å². The Labute approximate surface area is 390 Å². The molecule has 0 saturated carbocycles. The number of anilines is 6. The largest absolute Gasteiger partial charge is 0.310 e. The highest BCUT2D eigenvalue weighted by atomic mass is 15.2. The topological polar surface area (TPSA) is 6.48 Å². The molecule has 10 aromatic carbocycles. The number of hydrogen-bond acceptors (Lipinski definition) is 2. The summed E-state index contributed by atoms with van der Waals surface area (Å²) in [5.41, 5.74) is 22.2. The van der Waals surface area contributed by atoms with Crippen LogP contribution >= 0.6 is 0 Å². The van der Waals surface area contributed by atoms with Crippen LogP contribution < -0.4 is 9.80 Å². The van der Waals surface area contributed by atoms with Crippen LogP contribution in [-0.2, 0) is 0 Å². The molecule has 0 heterocycles. The van der Waals surface area contributed by atoms with E-state index in [1.165, 1.54) is 99.7 Å². The van der Waals surface area contributed by atoms with E-state index in [1.807, 2.05) is 0 Å². The van der Waals surface area contributed by atoms with Gasteiger partial charge in [0.1, 0.15) is 0 Å². The number of fused-ring (bicyclic) bond motifs is 6. The fourth-order valence-electron chi connectivity index (χ4n) is 10.0. The molecule has 11 rings (SSSR count). The summed E-state index contributed by atoms with van der Waals surface area (Å²) in [6, 6.07) is 76.8. The molecule has 0 spiro atoms. The van der Waals surface area contributed by atoms with Crippen LogP contribution in [0.2, 0.25) is 0 Å². The second-order valence-corrected chi connectivity index (χ2v) is 18.7. The van der Waals surface area contributed by atoms with Gasteiger partial charge in [0.05, 0.1) is 11.4 Å². The van der Waals surface area contributed by atoms with Gasteiger partial charge in [0.2, 0.25) is 0 Å². The zero-order chi connectivity index (χ0) is 45.1. The Hall–Kier alpha value is -7.68. The van der Waals surface area contributed by atoms with Crippen LogP contribution in [0.3, 0.4) is 0 Å². The molecule has 10 aromatic rings. The Balaban J connectivity index is 1.04. The summed E-state index contributed by atoms with van der Waals surface area (Å²) in [5.74, 6) is 0.818. The first-order valence-corrected chi connectivity index (χ1v) is 23.5. The molecule has 0 N–H and O–H groups in total. The average Bonchev–Trinajstić information content (AvgIpc) is 3.35. The number of rotatable bonds is 10. The van der Waals surface area contributed by atoms with E-state index in [2.05, 4.69) is 258 Å². The zero-order valence-corrected chi connectivity index (χ0v) is 38.7. The van der Waals surface area contributed by atoms with Crippen LogP contribution in [0.15, 0.2) is 206 Å². The summed E-state index contributed by atoms with van der Waals surface area (Å²) in [6.07, 6.45) is 0. The molecule has 0 aliphatic heterocycles. The van der Waals surface area contributed by atoms with Crippen molar-refractivity contribution in [1.82, 2.24) is 0 Å². The molecule has 0 fully saturated rings. The molecule has 0 saturated heterocycles. The number of aryl methyl sites for hydroxylation is 2. The molecule has 2 nitrogen and oxygen atoms in total. The Morgan fingerprint density at radius 1 is 0.288 bits per heavy atom. The van der Waals surface area contributed by atoms with Gasteiger partial charge in [-0.3, -0.25) is 0 Å². The highest BCUT2D eigenvalue weighted by Gasteiger charge is 2.26. The summed E-state index contributed by atoms with van der Waals surface area (Å²) in [7, 11) is 0. The Bertz CT molecular complexity index is 3220. The van der Waals surface area contributed by atoms with Gasteiger partial charge < -0.3 is 9.80 Å². The minimum absolute atomic E-state index is 0.409. The number of para-hydroxylation sites is 2. The van der Waals surface area contributed by atoms with Crippen molar-refractivity contribution in [2.45, 2.75) is 53.4 Å². The quantitative estimate of drug-likeness (QED) is 0.135. The molecular weight excluding hydrogens is 797 g/mol. The van der Waals surface area contributed by atoms with Crippen LogP contribution in [0.1, 0.15) is 61.8 Å². The van der Waals surface area contributed by atoms with E-state index in [0.29, 0.717) is 11.8 Å². The molecule has 0 radical (unpaired) electrons. The lowest BCUT2D eigenvalue weighted by Gasteiger charge is -2.31. The third-order valence-corrected chi connectivity index (χ3v) is 13.8. The fourth-order valence-corrected chi connectivity index (χ4v) is 10.0. The lowest BCUT2D eigenvalue weighted by atomic mass is 9.78. The fraction of sp³-hybridized carbons (Fsp3) is 0.125. The van der Waals surface area contributed by atoms with Crippen LogP contribution in [0.4, 0.5) is 34.1 Å². The molecule has 320 valence electrons. The number of benzene rings is 10. The second kappa shape index (κ2) is 16.7. The summed E-state index contributed by atoms with van der Waals surface area (Å²) >= 11 is 0. The van der Waals surface area contributed by atoms with Gasteiger partial charge in [-0.25, -0.2) is 0 Å². The third-order valence-electron chi connectivity index (χ3n) is 13.8. The van der Waals surface area contributed by atoms with Gasteiger partial charge in [0, 0.05) is 33.9 Å². The van der Waals surface area contributed by atoms with Gasteiger partial charge in [-0.05, 0) is 176 Å². The standard InChI is InChI=1S/C64H54N2/c1-41(2)47-27-25-43(5)63(39-47)65(61-23-15-13-21-55(61)45-17-9-7-10-18-45)53-31-29-49-35-57-58-36-50-30-32-54(34-52(50)38-60(58)59(57)37-51(49)33-53)66(64-40-48(42(3)4)28-26-44(64)6)62-24-16-14-22-56(62)46-19-11-8-12-20-46/h7-42H,1-6H3. The first-order valence-electron chi connectivity index (χ1n) is 23.5. The normalized spacial score (nSPS) is 11.8. The van der Waals surface area contributed by atoms with Gasteiger partial charge >= 0.3 is 0 Å². The highest BCUT2D eigenvalue weighted by Crippen LogP contribution is 2.52. The molecule has 0 unspecified atom stereocenters. The summed E-state index contributed by atoms with van der Waals surface area (Å²) in [4.78, 5) is 4.96. The van der Waals surface area contributed by atoms with E-state index in [0.717, 1.165) is 22.7 Å². The van der Waals surface area contributed by atoms with Crippen molar-refractivity contribution in [3.8, 4) is 44.5 Å². The summed E-state index contributed by atoms with van der Waals surface area (Å²) in [5, 5.41) is 4.95. The lowest BCUT2D eigenvalue weighted by molar-refractivity contribution is 0.865. The highest BCUT2D eigenvalue weighted by molar-refractivity contribution is 6.13. The minimum Gasteiger partial charge on any atom is -0.310 e. The third kappa shape index (κ3) is 7.24. The van der Waals surface area contributed by atoms with Crippen molar-refractivity contribution in [1.29, 1.82) is 0 Å². The van der Waals surface area contributed by atoms with E-state index in [1.54, 1.807) is 0 Å². The maximum Gasteiger partial charge on any atom is 0.0540 e. The van der Waals surface area contributed by atoms with Gasteiger partial charge in [0.15, 0.2) is 0 Å². The maximum absolute atomic E-state index is 2.48. The maximum atomic E-state index is 2.48. The van der Waals surface area contributed by atoms with Gasteiger partial charge in [0.25, 0.3) is 0 Å². The Morgan fingerprint density at radius 2 is 0.652 bits per heavy atom. The van der Waals surface area contributed by atoms with E-state index >= 15 is 0 Å².